The second-order valence-electron chi connectivity index (χ2n) is 4.69. The Labute approximate surface area is 120 Å². The fourth-order valence-corrected chi connectivity index (χ4v) is 2.62. The zero-order valence-electron chi connectivity index (χ0n) is 10.7. The Morgan fingerprint density at radius 2 is 2.25 bits per heavy atom. The van der Waals surface area contributed by atoms with Crippen molar-refractivity contribution in [3.63, 3.8) is 0 Å². The van der Waals surface area contributed by atoms with Crippen LogP contribution in [0, 0.1) is 0 Å². The highest BCUT2D eigenvalue weighted by Crippen LogP contribution is 2.23. The van der Waals surface area contributed by atoms with Gasteiger partial charge in [0.2, 0.25) is 0 Å². The smallest absolute Gasteiger partial charge is 0.337 e. The summed E-state index contributed by atoms with van der Waals surface area (Å²) >= 11 is 6.16. The van der Waals surface area contributed by atoms with Gasteiger partial charge in [-0.2, -0.15) is 5.10 Å². The van der Waals surface area contributed by atoms with E-state index < -0.39 is 5.97 Å². The maximum atomic E-state index is 11.1. The highest BCUT2D eigenvalue weighted by molar-refractivity contribution is 6.34. The molecule has 0 amide bonds. The summed E-state index contributed by atoms with van der Waals surface area (Å²) in [7, 11) is 0. The van der Waals surface area contributed by atoms with Gasteiger partial charge in [-0.25, -0.2) is 14.5 Å². The average Bonchev–Trinajstić information content (AvgIpc) is 2.88. The van der Waals surface area contributed by atoms with Crippen molar-refractivity contribution < 1.29 is 9.90 Å². The van der Waals surface area contributed by atoms with Gasteiger partial charge in [-0.15, -0.1) is 0 Å². The normalized spacial score (nSPS) is 15.1. The SMILES string of the molecule is O=C(O)c1cccc(CN2CCn3ncnc3C2)c1Cl. The van der Waals surface area contributed by atoms with E-state index in [1.807, 2.05) is 10.7 Å². The first-order chi connectivity index (χ1) is 9.65. The largest absolute Gasteiger partial charge is 0.478 e. The van der Waals surface area contributed by atoms with Crippen molar-refractivity contribution in [2.45, 2.75) is 19.6 Å². The lowest BCUT2D eigenvalue weighted by atomic mass is 10.1. The Morgan fingerprint density at radius 1 is 1.40 bits per heavy atom. The third-order valence-electron chi connectivity index (χ3n) is 3.39. The van der Waals surface area contributed by atoms with E-state index in [-0.39, 0.29) is 5.56 Å². The van der Waals surface area contributed by atoms with Crippen molar-refractivity contribution in [1.29, 1.82) is 0 Å². The van der Waals surface area contributed by atoms with Gasteiger partial charge < -0.3 is 5.11 Å². The van der Waals surface area contributed by atoms with Gasteiger partial charge in [-0.05, 0) is 11.6 Å². The molecule has 2 heterocycles. The number of hydrogen-bond acceptors (Lipinski definition) is 4. The van der Waals surface area contributed by atoms with Gasteiger partial charge in [0, 0.05) is 13.1 Å². The van der Waals surface area contributed by atoms with Gasteiger partial charge in [0.15, 0.2) is 0 Å². The summed E-state index contributed by atoms with van der Waals surface area (Å²) in [5, 5.41) is 13.5. The molecule has 1 aromatic carbocycles. The van der Waals surface area contributed by atoms with Gasteiger partial charge in [0.1, 0.15) is 12.2 Å². The molecule has 1 aromatic heterocycles. The fraction of sp³-hybridized carbons (Fsp3) is 0.308. The first kappa shape index (κ1) is 13.1. The van der Waals surface area contributed by atoms with Crippen LogP contribution >= 0.6 is 11.6 Å². The molecule has 1 N–H and O–H groups in total. The number of carbonyl (C=O) groups is 1. The molecule has 0 bridgehead atoms. The topological polar surface area (TPSA) is 71.2 Å². The molecule has 104 valence electrons. The summed E-state index contributed by atoms with van der Waals surface area (Å²) < 4.78 is 1.88. The van der Waals surface area contributed by atoms with E-state index in [1.54, 1.807) is 12.4 Å². The first-order valence-electron chi connectivity index (χ1n) is 6.25. The number of rotatable bonds is 3. The van der Waals surface area contributed by atoms with Crippen LogP contribution < -0.4 is 0 Å². The number of benzene rings is 1. The zero-order valence-corrected chi connectivity index (χ0v) is 11.4. The maximum Gasteiger partial charge on any atom is 0.337 e. The van der Waals surface area contributed by atoms with Crippen molar-refractivity contribution in [2.75, 3.05) is 6.54 Å². The van der Waals surface area contributed by atoms with Crippen LogP contribution in [0.15, 0.2) is 24.5 Å². The molecule has 20 heavy (non-hydrogen) atoms. The van der Waals surface area contributed by atoms with Crippen molar-refractivity contribution >= 4 is 17.6 Å². The number of hydrogen-bond donors (Lipinski definition) is 1. The summed E-state index contributed by atoms with van der Waals surface area (Å²) in [4.78, 5) is 17.5. The van der Waals surface area contributed by atoms with Gasteiger partial charge in [0.05, 0.1) is 23.7 Å². The van der Waals surface area contributed by atoms with Crippen molar-refractivity contribution in [2.24, 2.45) is 0 Å². The lowest BCUT2D eigenvalue weighted by Gasteiger charge is -2.27. The standard InChI is InChI=1S/C13H13ClN4O2/c14-12-9(2-1-3-10(12)13(19)20)6-17-4-5-18-11(7-17)15-8-16-18/h1-3,8H,4-7H2,(H,19,20). The van der Waals surface area contributed by atoms with Crippen LogP contribution in [-0.4, -0.2) is 37.3 Å². The number of halogens is 1. The minimum absolute atomic E-state index is 0.143. The van der Waals surface area contributed by atoms with Crippen molar-refractivity contribution in [1.82, 2.24) is 19.7 Å². The lowest BCUT2D eigenvalue weighted by molar-refractivity contribution is 0.0697. The Kier molecular flexibility index (Phi) is 3.42. The molecule has 0 radical (unpaired) electrons. The molecule has 0 aliphatic carbocycles. The molecule has 1 aliphatic rings. The molecule has 0 fully saturated rings. The maximum absolute atomic E-state index is 11.1. The minimum Gasteiger partial charge on any atom is -0.478 e. The van der Waals surface area contributed by atoms with E-state index in [2.05, 4.69) is 15.0 Å². The number of aromatic nitrogens is 3. The van der Waals surface area contributed by atoms with Crippen LogP contribution in [0.5, 0.6) is 0 Å². The molecule has 0 atom stereocenters. The molecule has 1 aliphatic heterocycles. The Bertz CT molecular complexity index is 656. The third kappa shape index (κ3) is 2.39. The first-order valence-corrected chi connectivity index (χ1v) is 6.62. The number of fused-ring (bicyclic) bond motifs is 1. The third-order valence-corrected chi connectivity index (χ3v) is 3.84. The van der Waals surface area contributed by atoms with Crippen LogP contribution in [-0.2, 0) is 19.6 Å². The molecule has 3 rings (SSSR count). The van der Waals surface area contributed by atoms with Gasteiger partial charge in [-0.1, -0.05) is 23.7 Å². The summed E-state index contributed by atoms with van der Waals surface area (Å²) in [5.41, 5.74) is 0.962. The van der Waals surface area contributed by atoms with Crippen LogP contribution in [0.1, 0.15) is 21.7 Å². The van der Waals surface area contributed by atoms with E-state index >= 15 is 0 Å². The number of carboxylic acids is 1. The van der Waals surface area contributed by atoms with Crippen LogP contribution in [0.4, 0.5) is 0 Å². The van der Waals surface area contributed by atoms with E-state index in [4.69, 9.17) is 16.7 Å². The second-order valence-corrected chi connectivity index (χ2v) is 5.07. The van der Waals surface area contributed by atoms with Crippen LogP contribution in [0.25, 0.3) is 0 Å². The zero-order chi connectivity index (χ0) is 14.1. The molecule has 0 saturated heterocycles. The van der Waals surface area contributed by atoms with Gasteiger partial charge in [0.25, 0.3) is 0 Å². The van der Waals surface area contributed by atoms with E-state index in [9.17, 15) is 4.79 Å². The molecular formula is C13H13ClN4O2. The summed E-state index contributed by atoms with van der Waals surface area (Å²) in [6, 6.07) is 5.09. The number of carboxylic acid groups (broad SMARTS) is 1. The quantitative estimate of drug-likeness (QED) is 0.931. The van der Waals surface area contributed by atoms with E-state index in [1.165, 1.54) is 6.07 Å². The molecule has 2 aromatic rings. The Balaban J connectivity index is 1.79. The van der Waals surface area contributed by atoms with Gasteiger partial charge in [-0.3, -0.25) is 4.90 Å². The molecular weight excluding hydrogens is 280 g/mol. The van der Waals surface area contributed by atoms with Crippen molar-refractivity contribution in [3.8, 4) is 0 Å². The lowest BCUT2D eigenvalue weighted by Crippen LogP contribution is -2.34. The summed E-state index contributed by atoms with van der Waals surface area (Å²) in [6.07, 6.45) is 1.55. The summed E-state index contributed by atoms with van der Waals surface area (Å²) in [5.74, 6) is -0.0861. The monoisotopic (exact) mass is 292 g/mol. The molecule has 7 heteroatoms. The van der Waals surface area contributed by atoms with Crippen LogP contribution in [0.2, 0.25) is 5.02 Å². The highest BCUT2D eigenvalue weighted by atomic mass is 35.5. The molecule has 0 unspecified atom stereocenters. The number of nitrogens with zero attached hydrogens (tertiary/aromatic N) is 4. The van der Waals surface area contributed by atoms with Crippen molar-refractivity contribution in [3.05, 3.63) is 46.5 Å². The minimum atomic E-state index is -1.00. The highest BCUT2D eigenvalue weighted by Gasteiger charge is 2.19. The second kappa shape index (κ2) is 5.22. The van der Waals surface area contributed by atoms with E-state index in [0.29, 0.717) is 18.1 Å². The molecule has 0 spiro atoms. The predicted octanol–water partition coefficient (Wildman–Crippen LogP) is 1.65. The fourth-order valence-electron chi connectivity index (χ4n) is 2.36. The van der Waals surface area contributed by atoms with Gasteiger partial charge >= 0.3 is 5.97 Å². The molecule has 0 saturated carbocycles. The average molecular weight is 293 g/mol. The number of aromatic carboxylic acids is 1. The summed E-state index contributed by atoms with van der Waals surface area (Å²) in [6.45, 7) is 2.91. The predicted molar refractivity (Wildman–Crippen MR) is 72.5 cm³/mol. The molecule has 6 nitrogen and oxygen atoms in total. The van der Waals surface area contributed by atoms with Crippen LogP contribution in [0.3, 0.4) is 0 Å². The Morgan fingerprint density at radius 3 is 3.05 bits per heavy atom. The van der Waals surface area contributed by atoms with E-state index in [0.717, 1.165) is 24.5 Å². The Hall–Kier alpha value is -1.92.